The van der Waals surface area contributed by atoms with E-state index in [1.807, 2.05) is 87.4 Å². The third-order valence-corrected chi connectivity index (χ3v) is 5.07. The number of carbonyl (C=O) groups is 1. The third-order valence-electron chi connectivity index (χ3n) is 5.07. The molecule has 0 heterocycles. The van der Waals surface area contributed by atoms with Gasteiger partial charge in [-0.05, 0) is 48.7 Å². The molecule has 3 aromatic rings. The standard InChI is InChI=1S/C25H28N2O/c1-5-27(25(28)22-16-17-23(26(3)4)19(2)18-22)24(20-12-8-6-9-13-20)21-14-10-7-11-15-21/h6-18,24H,5H2,1-4H3. The van der Waals surface area contributed by atoms with Crippen LogP contribution in [0, 0.1) is 6.92 Å². The van der Waals surface area contributed by atoms with Crippen LogP contribution in [0.25, 0.3) is 0 Å². The number of amides is 1. The lowest BCUT2D eigenvalue weighted by Crippen LogP contribution is -2.35. The molecule has 1 amide bonds. The number of aryl methyl sites for hydroxylation is 1. The van der Waals surface area contributed by atoms with Crippen LogP contribution in [0.2, 0.25) is 0 Å². The minimum absolute atomic E-state index is 0.0496. The van der Waals surface area contributed by atoms with Gasteiger partial charge in [0.15, 0.2) is 0 Å². The van der Waals surface area contributed by atoms with Gasteiger partial charge in [0, 0.05) is 31.9 Å². The Bertz CT molecular complexity index is 880. The summed E-state index contributed by atoms with van der Waals surface area (Å²) in [6, 6.07) is 26.3. The Labute approximate surface area is 168 Å². The molecule has 0 fully saturated rings. The van der Waals surface area contributed by atoms with E-state index in [0.717, 1.165) is 27.9 Å². The Morgan fingerprint density at radius 2 is 1.39 bits per heavy atom. The molecule has 0 saturated carbocycles. The molecular formula is C25H28N2O. The van der Waals surface area contributed by atoms with Crippen LogP contribution in [0.4, 0.5) is 5.69 Å². The van der Waals surface area contributed by atoms with Gasteiger partial charge in [-0.25, -0.2) is 0 Å². The predicted octanol–water partition coefficient (Wildman–Crippen LogP) is 5.31. The monoisotopic (exact) mass is 372 g/mol. The normalized spacial score (nSPS) is 10.8. The maximum absolute atomic E-state index is 13.5. The van der Waals surface area contributed by atoms with Crippen LogP contribution in [-0.4, -0.2) is 31.4 Å². The molecule has 0 N–H and O–H groups in total. The van der Waals surface area contributed by atoms with Crippen LogP contribution < -0.4 is 4.90 Å². The maximum atomic E-state index is 13.5. The Hall–Kier alpha value is -3.07. The van der Waals surface area contributed by atoms with Crippen molar-refractivity contribution in [2.75, 3.05) is 25.5 Å². The first-order chi connectivity index (χ1) is 13.5. The zero-order chi connectivity index (χ0) is 20.1. The zero-order valence-electron chi connectivity index (χ0n) is 17.1. The smallest absolute Gasteiger partial charge is 0.254 e. The van der Waals surface area contributed by atoms with Crippen LogP contribution in [0.3, 0.4) is 0 Å². The first kappa shape index (κ1) is 19.7. The summed E-state index contributed by atoms with van der Waals surface area (Å²) in [5.74, 6) is 0.0496. The number of carbonyl (C=O) groups excluding carboxylic acids is 1. The average molecular weight is 373 g/mol. The average Bonchev–Trinajstić information content (AvgIpc) is 2.72. The van der Waals surface area contributed by atoms with Gasteiger partial charge in [-0.1, -0.05) is 60.7 Å². The molecule has 28 heavy (non-hydrogen) atoms. The first-order valence-corrected chi connectivity index (χ1v) is 9.71. The highest BCUT2D eigenvalue weighted by atomic mass is 16.2. The lowest BCUT2D eigenvalue weighted by Gasteiger charge is -2.32. The molecule has 0 aliphatic rings. The Kier molecular flexibility index (Phi) is 6.15. The van der Waals surface area contributed by atoms with Crippen molar-refractivity contribution in [3.05, 3.63) is 101 Å². The van der Waals surface area contributed by atoms with Gasteiger partial charge < -0.3 is 9.80 Å². The Morgan fingerprint density at radius 3 is 1.82 bits per heavy atom. The molecule has 3 heteroatoms. The summed E-state index contributed by atoms with van der Waals surface area (Å²) in [6.07, 6.45) is 0. The second-order valence-corrected chi connectivity index (χ2v) is 7.21. The van der Waals surface area contributed by atoms with Crippen molar-refractivity contribution in [2.45, 2.75) is 19.9 Å². The van der Waals surface area contributed by atoms with E-state index in [1.165, 1.54) is 0 Å². The molecule has 144 valence electrons. The quantitative estimate of drug-likeness (QED) is 0.585. The van der Waals surface area contributed by atoms with Gasteiger partial charge in [0.05, 0.1) is 6.04 Å². The van der Waals surface area contributed by atoms with E-state index in [1.54, 1.807) is 0 Å². The van der Waals surface area contributed by atoms with Crippen LogP contribution in [0.5, 0.6) is 0 Å². The SMILES string of the molecule is CCN(C(=O)c1ccc(N(C)C)c(C)c1)C(c1ccccc1)c1ccccc1. The second kappa shape index (κ2) is 8.75. The third kappa shape index (κ3) is 4.09. The minimum atomic E-state index is -0.117. The number of hydrogen-bond donors (Lipinski definition) is 0. The van der Waals surface area contributed by atoms with Gasteiger partial charge in [0.2, 0.25) is 0 Å². The van der Waals surface area contributed by atoms with Gasteiger partial charge in [-0.3, -0.25) is 4.79 Å². The molecule has 3 rings (SSSR count). The van der Waals surface area contributed by atoms with E-state index in [2.05, 4.69) is 29.2 Å². The van der Waals surface area contributed by atoms with E-state index >= 15 is 0 Å². The summed E-state index contributed by atoms with van der Waals surface area (Å²) in [6.45, 7) is 4.72. The van der Waals surface area contributed by atoms with E-state index in [4.69, 9.17) is 0 Å². The van der Waals surface area contributed by atoms with Crippen LogP contribution >= 0.6 is 0 Å². The molecule has 0 saturated heterocycles. The Morgan fingerprint density at radius 1 is 0.857 bits per heavy atom. The Balaban J connectivity index is 2.03. The summed E-state index contributed by atoms with van der Waals surface area (Å²) in [7, 11) is 4.03. The summed E-state index contributed by atoms with van der Waals surface area (Å²) in [5.41, 5.74) is 5.18. The zero-order valence-corrected chi connectivity index (χ0v) is 17.1. The molecule has 0 aliphatic heterocycles. The highest BCUT2D eigenvalue weighted by molar-refractivity contribution is 5.95. The number of anilines is 1. The van der Waals surface area contributed by atoms with Gasteiger partial charge >= 0.3 is 0 Å². The molecule has 0 bridgehead atoms. The molecule has 0 unspecified atom stereocenters. The van der Waals surface area contributed by atoms with Gasteiger partial charge in [-0.15, -0.1) is 0 Å². The van der Waals surface area contributed by atoms with Gasteiger partial charge in [0.1, 0.15) is 0 Å². The molecular weight excluding hydrogens is 344 g/mol. The largest absolute Gasteiger partial charge is 0.377 e. The lowest BCUT2D eigenvalue weighted by atomic mass is 9.96. The van der Waals surface area contributed by atoms with Crippen molar-refractivity contribution in [3.63, 3.8) is 0 Å². The van der Waals surface area contributed by atoms with E-state index < -0.39 is 0 Å². The van der Waals surface area contributed by atoms with Crippen molar-refractivity contribution in [1.82, 2.24) is 4.90 Å². The molecule has 0 spiro atoms. The summed E-state index contributed by atoms with van der Waals surface area (Å²) in [4.78, 5) is 17.5. The highest BCUT2D eigenvalue weighted by Crippen LogP contribution is 2.30. The van der Waals surface area contributed by atoms with E-state index in [-0.39, 0.29) is 11.9 Å². The highest BCUT2D eigenvalue weighted by Gasteiger charge is 2.26. The minimum Gasteiger partial charge on any atom is -0.377 e. The molecule has 3 aromatic carbocycles. The number of hydrogen-bond acceptors (Lipinski definition) is 2. The second-order valence-electron chi connectivity index (χ2n) is 7.21. The van der Waals surface area contributed by atoms with Gasteiger partial charge in [0.25, 0.3) is 5.91 Å². The van der Waals surface area contributed by atoms with Crippen molar-refractivity contribution >= 4 is 11.6 Å². The van der Waals surface area contributed by atoms with Crippen LogP contribution in [0.15, 0.2) is 78.9 Å². The van der Waals surface area contributed by atoms with E-state index in [0.29, 0.717) is 6.54 Å². The molecule has 0 aromatic heterocycles. The topological polar surface area (TPSA) is 23.6 Å². The predicted molar refractivity (Wildman–Crippen MR) is 117 cm³/mol. The first-order valence-electron chi connectivity index (χ1n) is 9.71. The maximum Gasteiger partial charge on any atom is 0.254 e. The summed E-state index contributed by atoms with van der Waals surface area (Å²) >= 11 is 0. The molecule has 0 atom stereocenters. The molecule has 0 aliphatic carbocycles. The van der Waals surface area contributed by atoms with Crippen molar-refractivity contribution < 1.29 is 4.79 Å². The molecule has 0 radical (unpaired) electrons. The fourth-order valence-corrected chi connectivity index (χ4v) is 3.72. The number of nitrogens with zero attached hydrogens (tertiary/aromatic N) is 2. The van der Waals surface area contributed by atoms with Crippen LogP contribution in [0.1, 0.15) is 40.0 Å². The van der Waals surface area contributed by atoms with Crippen LogP contribution in [-0.2, 0) is 0 Å². The summed E-state index contributed by atoms with van der Waals surface area (Å²) < 4.78 is 0. The van der Waals surface area contributed by atoms with Crippen molar-refractivity contribution in [3.8, 4) is 0 Å². The summed E-state index contributed by atoms with van der Waals surface area (Å²) in [5, 5.41) is 0. The van der Waals surface area contributed by atoms with Crippen molar-refractivity contribution in [1.29, 1.82) is 0 Å². The molecule has 3 nitrogen and oxygen atoms in total. The number of benzene rings is 3. The number of rotatable bonds is 6. The van der Waals surface area contributed by atoms with Gasteiger partial charge in [-0.2, -0.15) is 0 Å². The fourth-order valence-electron chi connectivity index (χ4n) is 3.72. The van der Waals surface area contributed by atoms with E-state index in [9.17, 15) is 4.79 Å². The fraction of sp³-hybridized carbons (Fsp3) is 0.240. The lowest BCUT2D eigenvalue weighted by molar-refractivity contribution is 0.0717. The van der Waals surface area contributed by atoms with Crippen molar-refractivity contribution in [2.24, 2.45) is 0 Å².